The molecule has 0 saturated carbocycles. The molecule has 0 aliphatic rings. The van der Waals surface area contributed by atoms with Crippen LogP contribution in [0.15, 0.2) is 64.2 Å². The van der Waals surface area contributed by atoms with Crippen molar-refractivity contribution in [3.63, 3.8) is 0 Å². The molecule has 0 atom stereocenters. The number of nitrogens with zero attached hydrogens (tertiary/aromatic N) is 2. The van der Waals surface area contributed by atoms with E-state index in [-0.39, 0.29) is 11.4 Å². The van der Waals surface area contributed by atoms with Gasteiger partial charge in [0.2, 0.25) is 10.0 Å². The maximum absolute atomic E-state index is 12.6. The Kier molecular flexibility index (Phi) is 10.2. The van der Waals surface area contributed by atoms with Gasteiger partial charge < -0.3 is 18.9 Å². The van der Waals surface area contributed by atoms with E-state index < -0.39 is 22.5 Å². The van der Waals surface area contributed by atoms with Gasteiger partial charge in [-0.05, 0) is 58.2 Å². The standard InChI is InChI=1S/C27H30BrN3O7S/c1-18-6-8-19(9-7-18)17-38-27-22(28)12-20(13-25(27)37-4)15-29-30-26(32)16-31(39(5,33)34)23-11-10-21(35-2)14-24(23)36-3/h6-15H,16-17H2,1-5H3,(H,30,32)/b29-15-. The quantitative estimate of drug-likeness (QED) is 0.238. The van der Waals surface area contributed by atoms with Crippen LogP contribution in [-0.2, 0) is 21.4 Å². The SMILES string of the molecule is COc1ccc(N(CC(=O)N/N=C\c2cc(Br)c(OCc3ccc(C)cc3)c(OC)c2)S(C)(=O)=O)c(OC)c1. The summed E-state index contributed by atoms with van der Waals surface area (Å²) >= 11 is 3.50. The Balaban J connectivity index is 1.71. The summed E-state index contributed by atoms with van der Waals surface area (Å²) in [6, 6.07) is 16.1. The minimum absolute atomic E-state index is 0.190. The van der Waals surface area contributed by atoms with Crippen LogP contribution in [0, 0.1) is 6.92 Å². The van der Waals surface area contributed by atoms with E-state index in [1.165, 1.54) is 39.7 Å². The van der Waals surface area contributed by atoms with Crippen molar-refractivity contribution in [1.29, 1.82) is 0 Å². The van der Waals surface area contributed by atoms with Gasteiger partial charge in [-0.3, -0.25) is 9.10 Å². The summed E-state index contributed by atoms with van der Waals surface area (Å²) in [6.07, 6.45) is 2.41. The first-order chi connectivity index (χ1) is 18.5. The zero-order chi connectivity index (χ0) is 28.6. The van der Waals surface area contributed by atoms with E-state index in [1.807, 2.05) is 31.2 Å². The van der Waals surface area contributed by atoms with Crippen LogP contribution in [0.5, 0.6) is 23.0 Å². The van der Waals surface area contributed by atoms with Gasteiger partial charge in [0.05, 0.1) is 44.0 Å². The third-order valence-electron chi connectivity index (χ3n) is 5.50. The Bertz CT molecular complexity index is 1440. The first-order valence-corrected chi connectivity index (χ1v) is 14.3. The summed E-state index contributed by atoms with van der Waals surface area (Å²) in [7, 11) is 0.575. The molecule has 0 saturated heterocycles. The number of amides is 1. The average molecular weight is 621 g/mol. The molecule has 0 bridgehead atoms. The predicted molar refractivity (Wildman–Crippen MR) is 154 cm³/mol. The Morgan fingerprint density at radius 2 is 1.69 bits per heavy atom. The van der Waals surface area contributed by atoms with Gasteiger partial charge in [0, 0.05) is 6.07 Å². The monoisotopic (exact) mass is 619 g/mol. The number of rotatable bonds is 12. The van der Waals surface area contributed by atoms with Crippen molar-refractivity contribution in [3.8, 4) is 23.0 Å². The minimum Gasteiger partial charge on any atom is -0.497 e. The van der Waals surface area contributed by atoms with Crippen LogP contribution < -0.4 is 28.7 Å². The van der Waals surface area contributed by atoms with Gasteiger partial charge in [-0.25, -0.2) is 13.8 Å². The molecular weight excluding hydrogens is 590 g/mol. The number of hydrazone groups is 1. The highest BCUT2D eigenvalue weighted by molar-refractivity contribution is 9.10. The topological polar surface area (TPSA) is 116 Å². The Morgan fingerprint density at radius 1 is 1.00 bits per heavy atom. The molecule has 0 unspecified atom stereocenters. The number of sulfonamides is 1. The van der Waals surface area contributed by atoms with E-state index in [9.17, 15) is 13.2 Å². The number of hydrogen-bond acceptors (Lipinski definition) is 8. The van der Waals surface area contributed by atoms with Crippen LogP contribution in [0.25, 0.3) is 0 Å². The summed E-state index contributed by atoms with van der Waals surface area (Å²) in [5, 5.41) is 3.97. The van der Waals surface area contributed by atoms with Crippen molar-refractivity contribution in [3.05, 3.63) is 75.8 Å². The van der Waals surface area contributed by atoms with Gasteiger partial charge in [-0.15, -0.1) is 0 Å². The van der Waals surface area contributed by atoms with Crippen molar-refractivity contribution in [2.24, 2.45) is 5.10 Å². The third kappa shape index (κ3) is 8.11. The van der Waals surface area contributed by atoms with Crippen LogP contribution in [0.1, 0.15) is 16.7 Å². The van der Waals surface area contributed by atoms with Crippen molar-refractivity contribution in [1.82, 2.24) is 5.43 Å². The summed E-state index contributed by atoms with van der Waals surface area (Å²) in [6.45, 7) is 1.86. The largest absolute Gasteiger partial charge is 0.497 e. The first kappa shape index (κ1) is 29.8. The van der Waals surface area contributed by atoms with E-state index in [2.05, 4.69) is 26.5 Å². The average Bonchev–Trinajstić information content (AvgIpc) is 2.90. The van der Waals surface area contributed by atoms with Gasteiger partial charge in [0.1, 0.15) is 24.7 Å². The van der Waals surface area contributed by atoms with Gasteiger partial charge in [-0.2, -0.15) is 5.10 Å². The molecule has 0 aromatic heterocycles. The number of hydrogen-bond donors (Lipinski definition) is 1. The number of halogens is 1. The predicted octanol–water partition coefficient (Wildman–Crippen LogP) is 4.28. The molecule has 0 fully saturated rings. The molecule has 1 N–H and O–H groups in total. The molecule has 0 spiro atoms. The maximum atomic E-state index is 12.6. The first-order valence-electron chi connectivity index (χ1n) is 11.6. The lowest BCUT2D eigenvalue weighted by Crippen LogP contribution is -2.39. The number of benzene rings is 3. The fourth-order valence-corrected chi connectivity index (χ4v) is 4.94. The molecule has 3 rings (SSSR count). The third-order valence-corrected chi connectivity index (χ3v) is 7.22. The summed E-state index contributed by atoms with van der Waals surface area (Å²) in [4.78, 5) is 12.6. The number of anilines is 1. The van der Waals surface area contributed by atoms with E-state index in [1.54, 1.807) is 18.2 Å². The van der Waals surface area contributed by atoms with E-state index >= 15 is 0 Å². The number of nitrogens with one attached hydrogen (secondary N) is 1. The molecule has 3 aromatic carbocycles. The van der Waals surface area contributed by atoms with Crippen LogP contribution in [0.3, 0.4) is 0 Å². The fourth-order valence-electron chi connectivity index (χ4n) is 3.51. The second-order valence-corrected chi connectivity index (χ2v) is 11.2. The van der Waals surface area contributed by atoms with Gasteiger partial charge in [0.25, 0.3) is 5.91 Å². The lowest BCUT2D eigenvalue weighted by Gasteiger charge is -2.23. The van der Waals surface area contributed by atoms with Crippen LogP contribution >= 0.6 is 15.9 Å². The zero-order valence-corrected chi connectivity index (χ0v) is 24.6. The normalized spacial score (nSPS) is 11.2. The summed E-state index contributed by atoms with van der Waals surface area (Å²) < 4.78 is 48.4. The van der Waals surface area contributed by atoms with Gasteiger partial charge in [-0.1, -0.05) is 29.8 Å². The van der Waals surface area contributed by atoms with Crippen LogP contribution in [0.2, 0.25) is 0 Å². The summed E-state index contributed by atoms with van der Waals surface area (Å²) in [5.41, 5.74) is 5.33. The number of aryl methyl sites for hydroxylation is 1. The Hall–Kier alpha value is -3.77. The van der Waals surface area contributed by atoms with Crippen LogP contribution in [0.4, 0.5) is 5.69 Å². The van der Waals surface area contributed by atoms with Gasteiger partial charge in [0.15, 0.2) is 11.5 Å². The molecule has 12 heteroatoms. The molecule has 0 aliphatic heterocycles. The number of ether oxygens (including phenoxy) is 4. The maximum Gasteiger partial charge on any atom is 0.260 e. The van der Waals surface area contributed by atoms with E-state index in [4.69, 9.17) is 18.9 Å². The molecule has 0 heterocycles. The molecule has 1 amide bonds. The van der Waals surface area contributed by atoms with Crippen molar-refractivity contribution < 1.29 is 32.2 Å². The number of carbonyl (C=O) groups is 1. The highest BCUT2D eigenvalue weighted by atomic mass is 79.9. The molecule has 0 aliphatic carbocycles. The minimum atomic E-state index is -3.83. The van der Waals surface area contributed by atoms with Crippen molar-refractivity contribution in [2.45, 2.75) is 13.5 Å². The summed E-state index contributed by atoms with van der Waals surface area (Å²) in [5.74, 6) is 1.05. The van der Waals surface area contributed by atoms with E-state index in [0.29, 0.717) is 33.9 Å². The van der Waals surface area contributed by atoms with Crippen molar-refractivity contribution in [2.75, 3.05) is 38.4 Å². The second-order valence-electron chi connectivity index (χ2n) is 8.41. The molecule has 10 nitrogen and oxygen atoms in total. The molecule has 0 radical (unpaired) electrons. The highest BCUT2D eigenvalue weighted by Gasteiger charge is 2.24. The molecular formula is C27H30BrN3O7S. The lowest BCUT2D eigenvalue weighted by molar-refractivity contribution is -0.119. The smallest absolute Gasteiger partial charge is 0.260 e. The van der Waals surface area contributed by atoms with Crippen molar-refractivity contribution >= 4 is 43.8 Å². The fraction of sp³-hybridized carbons (Fsp3) is 0.259. The van der Waals surface area contributed by atoms with E-state index in [0.717, 1.165) is 21.7 Å². The van der Waals surface area contributed by atoms with Crippen LogP contribution in [-0.4, -0.2) is 54.7 Å². The Morgan fingerprint density at radius 3 is 2.31 bits per heavy atom. The molecule has 3 aromatic rings. The molecule has 208 valence electrons. The second kappa shape index (κ2) is 13.3. The highest BCUT2D eigenvalue weighted by Crippen LogP contribution is 2.37. The Labute approximate surface area is 236 Å². The number of methoxy groups -OCH3 is 3. The lowest BCUT2D eigenvalue weighted by atomic mass is 10.2. The van der Waals surface area contributed by atoms with Gasteiger partial charge >= 0.3 is 0 Å². The zero-order valence-electron chi connectivity index (χ0n) is 22.2. The molecule has 39 heavy (non-hydrogen) atoms. The number of carbonyl (C=O) groups excluding carboxylic acids is 1.